The van der Waals surface area contributed by atoms with E-state index in [1.165, 1.54) is 12.8 Å². The fourth-order valence-electron chi connectivity index (χ4n) is 3.12. The van der Waals surface area contributed by atoms with Crippen molar-refractivity contribution in [2.75, 3.05) is 0 Å². The third kappa shape index (κ3) is 1.27. The Balaban J connectivity index is 2.04. The van der Waals surface area contributed by atoms with Gasteiger partial charge in [0.15, 0.2) is 0 Å². The monoisotopic (exact) mass is 170 g/mol. The smallest absolute Gasteiger partial charge is 0.111 e. The van der Waals surface area contributed by atoms with Gasteiger partial charge in [-0.05, 0) is 50.4 Å². The van der Waals surface area contributed by atoms with Crippen LogP contribution in [0, 0.1) is 5.41 Å². The van der Waals surface area contributed by atoms with E-state index in [1.807, 2.05) is 0 Å². The van der Waals surface area contributed by atoms with Gasteiger partial charge >= 0.3 is 0 Å². The van der Waals surface area contributed by atoms with E-state index in [0.717, 1.165) is 38.5 Å². The molecular weight excluding hydrogens is 151 g/mol. The Morgan fingerprint density at radius 2 is 1.50 bits per heavy atom. The molecule has 0 aromatic heterocycles. The first-order chi connectivity index (χ1) is 5.68. The minimum atomic E-state index is -0.741. The summed E-state index contributed by atoms with van der Waals surface area (Å²) in [6.07, 6.45) is 8.67. The Morgan fingerprint density at radius 3 is 1.92 bits per heavy atom. The predicted octanol–water partition coefficient (Wildman–Crippen LogP) is 3.85. The van der Waals surface area contributed by atoms with Gasteiger partial charge in [-0.25, -0.2) is 4.39 Å². The van der Waals surface area contributed by atoms with Crippen LogP contribution in [0.2, 0.25) is 0 Å². The molecule has 1 heteroatoms. The SMILES string of the molecule is CCCC12CCC(F)(CC1)CC2. The molecule has 0 nitrogen and oxygen atoms in total. The van der Waals surface area contributed by atoms with Crippen LogP contribution in [0.4, 0.5) is 4.39 Å². The molecule has 3 fully saturated rings. The molecule has 0 spiro atoms. The van der Waals surface area contributed by atoms with E-state index in [0.29, 0.717) is 5.41 Å². The van der Waals surface area contributed by atoms with Crippen molar-refractivity contribution in [3.63, 3.8) is 0 Å². The fourth-order valence-corrected chi connectivity index (χ4v) is 3.12. The van der Waals surface area contributed by atoms with Crippen molar-refractivity contribution in [2.24, 2.45) is 5.41 Å². The summed E-state index contributed by atoms with van der Waals surface area (Å²) < 4.78 is 13.7. The van der Waals surface area contributed by atoms with Gasteiger partial charge in [-0.3, -0.25) is 0 Å². The molecule has 0 saturated heterocycles. The molecule has 0 aliphatic heterocycles. The first-order valence-electron chi connectivity index (χ1n) is 5.37. The average Bonchev–Trinajstić information content (AvgIpc) is 2.08. The number of fused-ring (bicyclic) bond motifs is 3. The highest BCUT2D eigenvalue weighted by Crippen LogP contribution is 2.55. The van der Waals surface area contributed by atoms with Crippen molar-refractivity contribution in [2.45, 2.75) is 64.0 Å². The van der Waals surface area contributed by atoms with Crippen LogP contribution < -0.4 is 0 Å². The number of halogens is 1. The Morgan fingerprint density at radius 1 is 1.00 bits per heavy atom. The zero-order chi connectivity index (χ0) is 8.66. The Hall–Kier alpha value is -0.0700. The molecular formula is C11H19F. The molecule has 70 valence electrons. The van der Waals surface area contributed by atoms with Crippen LogP contribution in [0.3, 0.4) is 0 Å². The predicted molar refractivity (Wildman–Crippen MR) is 48.9 cm³/mol. The highest BCUT2D eigenvalue weighted by Gasteiger charge is 2.48. The lowest BCUT2D eigenvalue weighted by Gasteiger charge is -2.49. The Labute approximate surface area is 74.5 Å². The molecule has 2 bridgehead atoms. The second-order valence-electron chi connectivity index (χ2n) is 4.90. The van der Waals surface area contributed by atoms with E-state index < -0.39 is 5.67 Å². The van der Waals surface area contributed by atoms with Crippen LogP contribution in [0.15, 0.2) is 0 Å². The maximum atomic E-state index is 13.7. The van der Waals surface area contributed by atoms with Gasteiger partial charge < -0.3 is 0 Å². The normalized spacial score (nSPS) is 46.5. The molecule has 3 aliphatic rings. The second-order valence-corrected chi connectivity index (χ2v) is 4.90. The molecule has 0 N–H and O–H groups in total. The van der Waals surface area contributed by atoms with Gasteiger partial charge in [0.25, 0.3) is 0 Å². The number of rotatable bonds is 2. The van der Waals surface area contributed by atoms with E-state index in [-0.39, 0.29) is 0 Å². The molecule has 0 unspecified atom stereocenters. The van der Waals surface area contributed by atoms with E-state index in [1.54, 1.807) is 0 Å². The molecule has 12 heavy (non-hydrogen) atoms. The highest BCUT2D eigenvalue weighted by molar-refractivity contribution is 4.99. The summed E-state index contributed by atoms with van der Waals surface area (Å²) in [5, 5.41) is 0. The maximum Gasteiger partial charge on any atom is 0.111 e. The van der Waals surface area contributed by atoms with Crippen molar-refractivity contribution in [3.05, 3.63) is 0 Å². The van der Waals surface area contributed by atoms with Crippen LogP contribution in [-0.4, -0.2) is 5.67 Å². The highest BCUT2D eigenvalue weighted by atomic mass is 19.1. The molecule has 0 radical (unpaired) electrons. The molecule has 0 amide bonds. The third-order valence-corrected chi connectivity index (χ3v) is 4.09. The Bertz CT molecular complexity index is 149. The van der Waals surface area contributed by atoms with Gasteiger partial charge in [-0.1, -0.05) is 13.3 Å². The largest absolute Gasteiger partial charge is 0.244 e. The third-order valence-electron chi connectivity index (χ3n) is 4.09. The van der Waals surface area contributed by atoms with Crippen LogP contribution in [-0.2, 0) is 0 Å². The summed E-state index contributed by atoms with van der Waals surface area (Å²) in [5.74, 6) is 0. The van der Waals surface area contributed by atoms with Crippen LogP contribution in [0.5, 0.6) is 0 Å². The average molecular weight is 170 g/mol. The summed E-state index contributed by atoms with van der Waals surface area (Å²) in [7, 11) is 0. The maximum absolute atomic E-state index is 13.7. The van der Waals surface area contributed by atoms with Crippen molar-refractivity contribution in [1.29, 1.82) is 0 Å². The minimum Gasteiger partial charge on any atom is -0.244 e. The van der Waals surface area contributed by atoms with E-state index in [9.17, 15) is 4.39 Å². The number of hydrogen-bond acceptors (Lipinski definition) is 0. The molecule has 0 heterocycles. The molecule has 0 aromatic carbocycles. The zero-order valence-electron chi connectivity index (χ0n) is 8.03. The number of alkyl halides is 1. The van der Waals surface area contributed by atoms with E-state index in [2.05, 4.69) is 6.92 Å². The summed E-state index contributed by atoms with van der Waals surface area (Å²) in [5.41, 5.74) is -0.169. The van der Waals surface area contributed by atoms with Gasteiger partial charge in [0.1, 0.15) is 5.67 Å². The minimum absolute atomic E-state index is 0.572. The zero-order valence-corrected chi connectivity index (χ0v) is 8.03. The topological polar surface area (TPSA) is 0 Å². The summed E-state index contributed by atoms with van der Waals surface area (Å²) in [4.78, 5) is 0. The first kappa shape index (κ1) is 8.52. The lowest BCUT2D eigenvalue weighted by molar-refractivity contribution is -0.0387. The molecule has 0 aromatic rings. The molecule has 3 saturated carbocycles. The van der Waals surface area contributed by atoms with Gasteiger partial charge in [-0.15, -0.1) is 0 Å². The standard InChI is InChI=1S/C11H19F/c1-2-3-10-4-7-11(12,8-5-10)9-6-10/h2-9H2,1H3. The summed E-state index contributed by atoms with van der Waals surface area (Å²) >= 11 is 0. The van der Waals surface area contributed by atoms with Crippen LogP contribution in [0.1, 0.15) is 58.3 Å². The van der Waals surface area contributed by atoms with Gasteiger partial charge in [0, 0.05) is 0 Å². The van der Waals surface area contributed by atoms with E-state index >= 15 is 0 Å². The van der Waals surface area contributed by atoms with Crippen molar-refractivity contribution in [1.82, 2.24) is 0 Å². The van der Waals surface area contributed by atoms with Gasteiger partial charge in [0.05, 0.1) is 0 Å². The quantitative estimate of drug-likeness (QED) is 0.590. The molecule has 0 atom stereocenters. The lowest BCUT2D eigenvalue weighted by Crippen LogP contribution is -2.43. The fraction of sp³-hybridized carbons (Fsp3) is 1.00. The van der Waals surface area contributed by atoms with Gasteiger partial charge in [0.2, 0.25) is 0 Å². The Kier molecular flexibility index (Phi) is 1.93. The number of hydrogen-bond donors (Lipinski definition) is 0. The second kappa shape index (κ2) is 2.71. The molecule has 3 rings (SSSR count). The molecule has 3 aliphatic carbocycles. The van der Waals surface area contributed by atoms with Crippen molar-refractivity contribution >= 4 is 0 Å². The van der Waals surface area contributed by atoms with E-state index in [4.69, 9.17) is 0 Å². The van der Waals surface area contributed by atoms with Crippen LogP contribution >= 0.6 is 0 Å². The summed E-state index contributed by atoms with van der Waals surface area (Å²) in [6, 6.07) is 0. The lowest BCUT2D eigenvalue weighted by atomic mass is 9.58. The van der Waals surface area contributed by atoms with Crippen molar-refractivity contribution < 1.29 is 4.39 Å². The summed E-state index contributed by atoms with van der Waals surface area (Å²) in [6.45, 7) is 2.25. The van der Waals surface area contributed by atoms with Gasteiger partial charge in [-0.2, -0.15) is 0 Å². The van der Waals surface area contributed by atoms with Crippen molar-refractivity contribution in [3.8, 4) is 0 Å². The van der Waals surface area contributed by atoms with Crippen LogP contribution in [0.25, 0.3) is 0 Å². The first-order valence-corrected chi connectivity index (χ1v) is 5.37.